The van der Waals surface area contributed by atoms with Crippen molar-refractivity contribution in [3.05, 3.63) is 70.2 Å². The molecule has 0 spiro atoms. The summed E-state index contributed by atoms with van der Waals surface area (Å²) >= 11 is 3.19. The van der Waals surface area contributed by atoms with Crippen molar-refractivity contribution in [2.75, 3.05) is 6.61 Å². The minimum absolute atomic E-state index is 0.0692. The molecule has 23 heavy (non-hydrogen) atoms. The molecule has 0 radical (unpaired) electrons. The fraction of sp³-hybridized carbons (Fsp3) is 0.0625. The van der Waals surface area contributed by atoms with Gasteiger partial charge in [0.15, 0.2) is 0 Å². The quantitative estimate of drug-likeness (QED) is 0.788. The summed E-state index contributed by atoms with van der Waals surface area (Å²) in [6, 6.07) is 13.5. The standard InChI is InChI=1S/C16H14BrNO4S/c17-15-9-8-13(23(18,20)21)11-14(15)16(19)22-10-4-7-12-5-2-1-3-6-12/h1-9,11H,10H2,(H2,18,20,21)/b7-4+. The Morgan fingerprint density at radius 2 is 1.87 bits per heavy atom. The van der Waals surface area contributed by atoms with Gasteiger partial charge in [0.2, 0.25) is 10.0 Å². The second-order valence-corrected chi connectivity index (χ2v) is 7.01. The van der Waals surface area contributed by atoms with Gasteiger partial charge in [0.25, 0.3) is 0 Å². The van der Waals surface area contributed by atoms with Crippen LogP contribution in [-0.4, -0.2) is 21.0 Å². The number of primary sulfonamides is 1. The molecule has 7 heteroatoms. The summed E-state index contributed by atoms with van der Waals surface area (Å²) in [5, 5.41) is 5.06. The van der Waals surface area contributed by atoms with E-state index in [-0.39, 0.29) is 17.1 Å². The Bertz CT molecular complexity index is 832. The molecular formula is C16H14BrNO4S. The minimum Gasteiger partial charge on any atom is -0.458 e. The predicted molar refractivity (Wildman–Crippen MR) is 91.3 cm³/mol. The van der Waals surface area contributed by atoms with Gasteiger partial charge >= 0.3 is 5.97 Å². The Hall–Kier alpha value is -1.96. The first-order valence-electron chi connectivity index (χ1n) is 6.59. The summed E-state index contributed by atoms with van der Waals surface area (Å²) in [6.45, 7) is 0.0692. The number of esters is 1. The third kappa shape index (κ3) is 5.02. The lowest BCUT2D eigenvalue weighted by molar-refractivity contribution is 0.0548. The summed E-state index contributed by atoms with van der Waals surface area (Å²) in [7, 11) is -3.88. The summed E-state index contributed by atoms with van der Waals surface area (Å²) < 4.78 is 28.2. The van der Waals surface area contributed by atoms with Crippen LogP contribution in [0.25, 0.3) is 6.08 Å². The Morgan fingerprint density at radius 3 is 2.52 bits per heavy atom. The molecule has 120 valence electrons. The third-order valence-electron chi connectivity index (χ3n) is 2.91. The van der Waals surface area contributed by atoms with Crippen LogP contribution < -0.4 is 5.14 Å². The molecule has 0 unspecified atom stereocenters. The van der Waals surface area contributed by atoms with E-state index in [0.29, 0.717) is 4.47 Å². The number of hydrogen-bond donors (Lipinski definition) is 1. The van der Waals surface area contributed by atoms with E-state index in [1.807, 2.05) is 36.4 Å². The highest BCUT2D eigenvalue weighted by Crippen LogP contribution is 2.21. The highest BCUT2D eigenvalue weighted by molar-refractivity contribution is 9.10. The maximum absolute atomic E-state index is 12.0. The summed E-state index contributed by atoms with van der Waals surface area (Å²) in [5.74, 6) is -0.639. The molecule has 0 aliphatic carbocycles. The molecule has 0 bridgehead atoms. The van der Waals surface area contributed by atoms with Crippen LogP contribution in [0, 0.1) is 0 Å². The highest BCUT2D eigenvalue weighted by Gasteiger charge is 2.16. The van der Waals surface area contributed by atoms with E-state index in [4.69, 9.17) is 9.88 Å². The molecule has 0 saturated heterocycles. The normalized spacial score (nSPS) is 11.6. The zero-order chi connectivity index (χ0) is 16.9. The molecule has 5 nitrogen and oxygen atoms in total. The van der Waals surface area contributed by atoms with Gasteiger partial charge in [-0.25, -0.2) is 18.4 Å². The second kappa shape index (κ2) is 7.54. The van der Waals surface area contributed by atoms with Crippen LogP contribution in [0.5, 0.6) is 0 Å². The van der Waals surface area contributed by atoms with Gasteiger partial charge in [-0.15, -0.1) is 0 Å². The third-order valence-corrected chi connectivity index (χ3v) is 4.51. The first kappa shape index (κ1) is 17.4. The van der Waals surface area contributed by atoms with Crippen molar-refractivity contribution < 1.29 is 17.9 Å². The smallest absolute Gasteiger partial charge is 0.339 e. The van der Waals surface area contributed by atoms with Gasteiger partial charge in [-0.2, -0.15) is 0 Å². The maximum Gasteiger partial charge on any atom is 0.339 e. The Kier molecular flexibility index (Phi) is 5.70. The van der Waals surface area contributed by atoms with Crippen LogP contribution in [-0.2, 0) is 14.8 Å². The molecule has 0 fully saturated rings. The molecule has 0 aliphatic heterocycles. The largest absolute Gasteiger partial charge is 0.458 e. The number of rotatable bonds is 5. The fourth-order valence-corrected chi connectivity index (χ4v) is 2.74. The van der Waals surface area contributed by atoms with E-state index in [1.165, 1.54) is 18.2 Å². The maximum atomic E-state index is 12.0. The van der Waals surface area contributed by atoms with Gasteiger partial charge in [-0.05, 0) is 45.8 Å². The summed E-state index contributed by atoms with van der Waals surface area (Å²) in [4.78, 5) is 11.9. The SMILES string of the molecule is NS(=O)(=O)c1ccc(Br)c(C(=O)OC/C=C/c2ccccc2)c1. The molecule has 0 amide bonds. The monoisotopic (exact) mass is 395 g/mol. The zero-order valence-electron chi connectivity index (χ0n) is 12.0. The van der Waals surface area contributed by atoms with E-state index < -0.39 is 16.0 Å². The minimum atomic E-state index is -3.88. The topological polar surface area (TPSA) is 86.5 Å². The van der Waals surface area contributed by atoms with Crippen LogP contribution in [0.3, 0.4) is 0 Å². The molecule has 0 heterocycles. The Labute approximate surface area is 143 Å². The van der Waals surface area contributed by atoms with Crippen molar-refractivity contribution in [2.24, 2.45) is 5.14 Å². The van der Waals surface area contributed by atoms with E-state index in [1.54, 1.807) is 6.08 Å². The average Bonchev–Trinajstić information content (AvgIpc) is 2.51. The van der Waals surface area contributed by atoms with Gasteiger partial charge in [0, 0.05) is 4.47 Å². The van der Waals surface area contributed by atoms with Crippen LogP contribution in [0.1, 0.15) is 15.9 Å². The molecule has 0 atom stereocenters. The van der Waals surface area contributed by atoms with Crippen LogP contribution >= 0.6 is 15.9 Å². The van der Waals surface area contributed by atoms with Crippen molar-refractivity contribution in [3.63, 3.8) is 0 Å². The Balaban J connectivity index is 2.05. The molecule has 2 N–H and O–H groups in total. The van der Waals surface area contributed by atoms with Crippen molar-refractivity contribution >= 4 is 38.0 Å². The van der Waals surface area contributed by atoms with E-state index in [2.05, 4.69) is 15.9 Å². The lowest BCUT2D eigenvalue weighted by Crippen LogP contribution is -2.14. The molecular weight excluding hydrogens is 382 g/mol. The van der Waals surface area contributed by atoms with Crippen LogP contribution in [0.2, 0.25) is 0 Å². The van der Waals surface area contributed by atoms with Gasteiger partial charge < -0.3 is 4.74 Å². The van der Waals surface area contributed by atoms with Crippen LogP contribution in [0.4, 0.5) is 0 Å². The lowest BCUT2D eigenvalue weighted by atomic mass is 10.2. The highest BCUT2D eigenvalue weighted by atomic mass is 79.9. The molecule has 0 aliphatic rings. The molecule has 0 aromatic heterocycles. The van der Waals surface area contributed by atoms with E-state index in [0.717, 1.165) is 5.56 Å². The number of ether oxygens (including phenoxy) is 1. The van der Waals surface area contributed by atoms with Crippen molar-refractivity contribution in [3.8, 4) is 0 Å². The lowest BCUT2D eigenvalue weighted by Gasteiger charge is -2.06. The summed E-state index contributed by atoms with van der Waals surface area (Å²) in [6.07, 6.45) is 3.52. The molecule has 2 aromatic rings. The first-order valence-corrected chi connectivity index (χ1v) is 8.93. The second-order valence-electron chi connectivity index (χ2n) is 4.60. The molecule has 0 saturated carbocycles. The van der Waals surface area contributed by atoms with Crippen molar-refractivity contribution in [1.82, 2.24) is 0 Å². The van der Waals surface area contributed by atoms with Gasteiger partial charge in [-0.3, -0.25) is 0 Å². The zero-order valence-corrected chi connectivity index (χ0v) is 14.4. The number of sulfonamides is 1. The number of halogens is 1. The number of benzene rings is 2. The van der Waals surface area contributed by atoms with E-state index in [9.17, 15) is 13.2 Å². The number of carbonyl (C=O) groups is 1. The van der Waals surface area contributed by atoms with Gasteiger partial charge in [0.1, 0.15) is 6.61 Å². The van der Waals surface area contributed by atoms with Crippen molar-refractivity contribution in [1.29, 1.82) is 0 Å². The summed E-state index contributed by atoms with van der Waals surface area (Å²) in [5.41, 5.74) is 1.09. The average molecular weight is 396 g/mol. The van der Waals surface area contributed by atoms with Crippen LogP contribution in [0.15, 0.2) is 64.0 Å². The number of carbonyl (C=O) groups excluding carboxylic acids is 1. The predicted octanol–water partition coefficient (Wildman–Crippen LogP) is 2.97. The molecule has 2 aromatic carbocycles. The first-order chi connectivity index (χ1) is 10.9. The van der Waals surface area contributed by atoms with Gasteiger partial charge in [-0.1, -0.05) is 36.4 Å². The Morgan fingerprint density at radius 1 is 1.17 bits per heavy atom. The number of nitrogens with two attached hydrogens (primary N) is 1. The molecule has 2 rings (SSSR count). The van der Waals surface area contributed by atoms with Crippen molar-refractivity contribution in [2.45, 2.75) is 4.90 Å². The van der Waals surface area contributed by atoms with E-state index >= 15 is 0 Å². The number of hydrogen-bond acceptors (Lipinski definition) is 4. The van der Waals surface area contributed by atoms with Gasteiger partial charge in [0.05, 0.1) is 10.5 Å². The fourth-order valence-electron chi connectivity index (χ4n) is 1.79.